The Morgan fingerprint density at radius 1 is 1.13 bits per heavy atom. The molecular formula is C21H34Cl2N4O3. The molecule has 2 fully saturated rings. The molecule has 2 aliphatic rings. The van der Waals surface area contributed by atoms with Crippen molar-refractivity contribution >= 4 is 42.3 Å². The quantitative estimate of drug-likeness (QED) is 0.525. The average Bonchev–Trinajstić information content (AvgIpc) is 3.24. The Labute approximate surface area is 191 Å². The number of rotatable bonds is 9. The zero-order chi connectivity index (χ0) is 19.6. The van der Waals surface area contributed by atoms with E-state index >= 15 is 0 Å². The van der Waals surface area contributed by atoms with E-state index in [0.29, 0.717) is 25.3 Å². The maximum atomic E-state index is 12.2. The van der Waals surface area contributed by atoms with Gasteiger partial charge in [-0.05, 0) is 49.5 Å². The second-order valence-electron chi connectivity index (χ2n) is 7.63. The summed E-state index contributed by atoms with van der Waals surface area (Å²) in [5.41, 5.74) is 1.76. The molecule has 0 aromatic heterocycles. The molecule has 7 nitrogen and oxygen atoms in total. The first-order valence-corrected chi connectivity index (χ1v) is 10.4. The molecule has 30 heavy (non-hydrogen) atoms. The third kappa shape index (κ3) is 9.62. The normalized spacial score (nSPS) is 18.7. The molecule has 2 aliphatic heterocycles. The number of hydrogen-bond donors (Lipinski definition) is 3. The first-order chi connectivity index (χ1) is 13.7. The van der Waals surface area contributed by atoms with Crippen molar-refractivity contribution in [1.82, 2.24) is 15.5 Å². The van der Waals surface area contributed by atoms with Gasteiger partial charge in [0.05, 0.1) is 13.2 Å². The van der Waals surface area contributed by atoms with Crippen molar-refractivity contribution in [3.05, 3.63) is 29.8 Å². The minimum Gasteiger partial charge on any atom is -0.379 e. The smallest absolute Gasteiger partial charge is 0.225 e. The molecule has 3 N–H and O–H groups in total. The Morgan fingerprint density at radius 3 is 2.67 bits per heavy atom. The molecule has 0 radical (unpaired) electrons. The summed E-state index contributed by atoms with van der Waals surface area (Å²) in [6, 6.07) is 7.67. The molecule has 1 aromatic carbocycles. The third-order valence-corrected chi connectivity index (χ3v) is 5.40. The fraction of sp³-hybridized carbons (Fsp3) is 0.619. The van der Waals surface area contributed by atoms with E-state index in [1.165, 1.54) is 6.42 Å². The number of carbonyl (C=O) groups excluding carboxylic acids is 2. The van der Waals surface area contributed by atoms with Gasteiger partial charge in [-0.3, -0.25) is 14.5 Å². The topological polar surface area (TPSA) is 82.7 Å². The van der Waals surface area contributed by atoms with E-state index in [9.17, 15) is 9.59 Å². The van der Waals surface area contributed by atoms with E-state index in [1.807, 2.05) is 24.3 Å². The first-order valence-electron chi connectivity index (χ1n) is 10.4. The second kappa shape index (κ2) is 14.6. The van der Waals surface area contributed by atoms with Crippen LogP contribution in [0.25, 0.3) is 0 Å². The van der Waals surface area contributed by atoms with Gasteiger partial charge in [0, 0.05) is 44.7 Å². The van der Waals surface area contributed by atoms with Crippen molar-refractivity contribution in [3.8, 4) is 0 Å². The summed E-state index contributed by atoms with van der Waals surface area (Å²) in [6.07, 6.45) is 3.15. The van der Waals surface area contributed by atoms with Gasteiger partial charge in [0.25, 0.3) is 0 Å². The van der Waals surface area contributed by atoms with Gasteiger partial charge < -0.3 is 20.7 Å². The summed E-state index contributed by atoms with van der Waals surface area (Å²) < 4.78 is 5.32. The molecule has 0 bridgehead atoms. The summed E-state index contributed by atoms with van der Waals surface area (Å²) in [5.74, 6) is 0.728. The predicted octanol–water partition coefficient (Wildman–Crippen LogP) is 2.20. The number of anilines is 1. The van der Waals surface area contributed by atoms with Gasteiger partial charge in [-0.2, -0.15) is 0 Å². The number of morpholine rings is 1. The summed E-state index contributed by atoms with van der Waals surface area (Å²) >= 11 is 0. The number of halogens is 2. The molecule has 3 rings (SSSR count). The van der Waals surface area contributed by atoms with Crippen LogP contribution in [-0.2, 0) is 20.9 Å². The third-order valence-electron chi connectivity index (χ3n) is 5.40. The summed E-state index contributed by atoms with van der Waals surface area (Å²) in [7, 11) is 0. The molecule has 2 heterocycles. The zero-order valence-electron chi connectivity index (χ0n) is 17.4. The Morgan fingerprint density at radius 2 is 1.93 bits per heavy atom. The molecule has 0 spiro atoms. The summed E-state index contributed by atoms with van der Waals surface area (Å²) in [6.45, 7) is 6.60. The van der Waals surface area contributed by atoms with Crippen molar-refractivity contribution in [1.29, 1.82) is 0 Å². The molecule has 1 unspecified atom stereocenters. The first kappa shape index (κ1) is 26.7. The molecule has 9 heteroatoms. The molecule has 170 valence electrons. The number of benzene rings is 1. The number of hydrogen-bond acceptors (Lipinski definition) is 5. The monoisotopic (exact) mass is 460 g/mol. The van der Waals surface area contributed by atoms with E-state index in [-0.39, 0.29) is 36.6 Å². The van der Waals surface area contributed by atoms with Gasteiger partial charge >= 0.3 is 0 Å². The highest BCUT2D eigenvalue weighted by atomic mass is 35.5. The van der Waals surface area contributed by atoms with Gasteiger partial charge in [0.1, 0.15) is 0 Å². The number of ether oxygens (including phenoxy) is 1. The molecular weight excluding hydrogens is 427 g/mol. The summed E-state index contributed by atoms with van der Waals surface area (Å²) in [5, 5.41) is 9.27. The fourth-order valence-electron chi connectivity index (χ4n) is 3.65. The van der Waals surface area contributed by atoms with Crippen molar-refractivity contribution < 1.29 is 14.3 Å². The van der Waals surface area contributed by atoms with Crippen LogP contribution in [0.3, 0.4) is 0 Å². The number of nitrogens with one attached hydrogen (secondary N) is 3. The van der Waals surface area contributed by atoms with Crippen LogP contribution in [0.4, 0.5) is 5.69 Å². The van der Waals surface area contributed by atoms with E-state index < -0.39 is 0 Å². The maximum absolute atomic E-state index is 12.2. The standard InChI is InChI=1S/C21H32N4O3.2ClH/c26-20(5-4-17-6-8-22-15-17)23-16-18-2-1-3-19(14-18)24-21(27)7-9-25-10-12-28-13-11-25;;/h1-3,14,17,22H,4-13,15-16H2,(H,23,26)(H,24,27);2*1H. The highest BCUT2D eigenvalue weighted by Crippen LogP contribution is 2.15. The lowest BCUT2D eigenvalue weighted by Crippen LogP contribution is -2.38. The van der Waals surface area contributed by atoms with Crippen molar-refractivity contribution in [2.45, 2.75) is 32.2 Å². The molecule has 2 amide bonds. The SMILES string of the molecule is Cl.Cl.O=C(CCC1CCNC1)NCc1cccc(NC(=O)CCN2CCOCC2)c1. The lowest BCUT2D eigenvalue weighted by atomic mass is 10.0. The highest BCUT2D eigenvalue weighted by molar-refractivity contribution is 5.90. The van der Waals surface area contributed by atoms with Gasteiger partial charge in [0.15, 0.2) is 0 Å². The van der Waals surface area contributed by atoms with Gasteiger partial charge in [-0.15, -0.1) is 24.8 Å². The summed E-state index contributed by atoms with van der Waals surface area (Å²) in [4.78, 5) is 26.5. The van der Waals surface area contributed by atoms with Crippen LogP contribution in [-0.4, -0.2) is 62.7 Å². The van der Waals surface area contributed by atoms with E-state index in [1.54, 1.807) is 0 Å². The van der Waals surface area contributed by atoms with Crippen LogP contribution < -0.4 is 16.0 Å². The van der Waals surface area contributed by atoms with Crippen LogP contribution >= 0.6 is 24.8 Å². The highest BCUT2D eigenvalue weighted by Gasteiger charge is 2.15. The van der Waals surface area contributed by atoms with E-state index in [4.69, 9.17) is 4.74 Å². The van der Waals surface area contributed by atoms with E-state index in [0.717, 1.165) is 63.6 Å². The van der Waals surface area contributed by atoms with Crippen LogP contribution in [0.5, 0.6) is 0 Å². The molecule has 2 saturated heterocycles. The second-order valence-corrected chi connectivity index (χ2v) is 7.63. The Kier molecular flexibility index (Phi) is 13.0. The fourth-order valence-corrected chi connectivity index (χ4v) is 3.65. The van der Waals surface area contributed by atoms with Gasteiger partial charge in [-0.25, -0.2) is 0 Å². The largest absolute Gasteiger partial charge is 0.379 e. The Hall–Kier alpha value is -1.38. The Bertz CT molecular complexity index is 651. The average molecular weight is 461 g/mol. The molecule has 0 saturated carbocycles. The van der Waals surface area contributed by atoms with Crippen LogP contribution in [0.2, 0.25) is 0 Å². The minimum absolute atomic E-state index is 0. The van der Waals surface area contributed by atoms with Crippen molar-refractivity contribution in [2.24, 2.45) is 5.92 Å². The lowest BCUT2D eigenvalue weighted by Gasteiger charge is -2.26. The number of carbonyl (C=O) groups is 2. The molecule has 0 aliphatic carbocycles. The van der Waals surface area contributed by atoms with Crippen LogP contribution in [0, 0.1) is 5.92 Å². The van der Waals surface area contributed by atoms with Crippen LogP contribution in [0.15, 0.2) is 24.3 Å². The van der Waals surface area contributed by atoms with Crippen molar-refractivity contribution in [3.63, 3.8) is 0 Å². The van der Waals surface area contributed by atoms with E-state index in [2.05, 4.69) is 20.9 Å². The molecule has 1 atom stereocenters. The van der Waals surface area contributed by atoms with Crippen molar-refractivity contribution in [2.75, 3.05) is 51.3 Å². The number of nitrogens with zero attached hydrogens (tertiary/aromatic N) is 1. The zero-order valence-corrected chi connectivity index (χ0v) is 19.0. The number of amides is 2. The van der Waals surface area contributed by atoms with Crippen LogP contribution in [0.1, 0.15) is 31.2 Å². The van der Waals surface area contributed by atoms with Gasteiger partial charge in [0.2, 0.25) is 11.8 Å². The molecule has 1 aromatic rings. The Balaban J connectivity index is 0.00000225. The van der Waals surface area contributed by atoms with Gasteiger partial charge in [-0.1, -0.05) is 12.1 Å². The minimum atomic E-state index is 0. The maximum Gasteiger partial charge on any atom is 0.225 e. The predicted molar refractivity (Wildman–Crippen MR) is 124 cm³/mol. The lowest BCUT2D eigenvalue weighted by molar-refractivity contribution is -0.121.